The SMILES string of the molecule is CC(=O)NC(C)=Cc1ccc(-c2ccccc2)cc1. The van der Waals surface area contributed by atoms with Crippen LogP contribution in [0.2, 0.25) is 0 Å². The lowest BCUT2D eigenvalue weighted by Crippen LogP contribution is -2.16. The van der Waals surface area contributed by atoms with Crippen LogP contribution in [0.1, 0.15) is 19.4 Å². The molecule has 0 saturated heterocycles. The average Bonchev–Trinajstić information content (AvgIpc) is 2.39. The predicted molar refractivity (Wildman–Crippen MR) is 79.3 cm³/mol. The third kappa shape index (κ3) is 3.81. The van der Waals surface area contributed by atoms with Gasteiger partial charge < -0.3 is 5.32 Å². The van der Waals surface area contributed by atoms with Gasteiger partial charge in [-0.3, -0.25) is 4.79 Å². The summed E-state index contributed by atoms with van der Waals surface area (Å²) in [5.41, 5.74) is 4.32. The van der Waals surface area contributed by atoms with Gasteiger partial charge in [-0.2, -0.15) is 0 Å². The molecule has 2 aromatic rings. The van der Waals surface area contributed by atoms with Gasteiger partial charge in [0.2, 0.25) is 5.91 Å². The maximum atomic E-state index is 10.9. The zero-order chi connectivity index (χ0) is 13.7. The van der Waals surface area contributed by atoms with Crippen molar-refractivity contribution in [2.24, 2.45) is 0 Å². The zero-order valence-corrected chi connectivity index (χ0v) is 11.2. The molecule has 0 aliphatic heterocycles. The van der Waals surface area contributed by atoms with Crippen molar-refractivity contribution in [3.63, 3.8) is 0 Å². The molecule has 1 amide bonds. The Labute approximate surface area is 113 Å². The molecule has 0 bridgehead atoms. The van der Waals surface area contributed by atoms with Gasteiger partial charge in [-0.1, -0.05) is 54.6 Å². The molecule has 0 atom stereocenters. The number of hydrogen-bond donors (Lipinski definition) is 1. The van der Waals surface area contributed by atoms with E-state index in [0.29, 0.717) is 0 Å². The van der Waals surface area contributed by atoms with Crippen molar-refractivity contribution in [2.45, 2.75) is 13.8 Å². The Morgan fingerprint density at radius 2 is 1.47 bits per heavy atom. The Morgan fingerprint density at radius 3 is 2.05 bits per heavy atom. The molecule has 0 heterocycles. The van der Waals surface area contributed by atoms with Crippen LogP contribution in [0.25, 0.3) is 17.2 Å². The predicted octanol–water partition coefficient (Wildman–Crippen LogP) is 3.85. The van der Waals surface area contributed by atoms with Crippen LogP contribution in [0, 0.1) is 0 Å². The smallest absolute Gasteiger partial charge is 0.220 e. The fourth-order valence-corrected chi connectivity index (χ4v) is 1.97. The molecule has 0 saturated carbocycles. The van der Waals surface area contributed by atoms with Crippen LogP contribution in [-0.4, -0.2) is 5.91 Å². The minimum absolute atomic E-state index is 0.0466. The summed E-state index contributed by atoms with van der Waals surface area (Å²) < 4.78 is 0. The lowest BCUT2D eigenvalue weighted by Gasteiger charge is -2.04. The van der Waals surface area contributed by atoms with E-state index in [2.05, 4.69) is 29.6 Å². The molecular formula is C17H17NO. The van der Waals surface area contributed by atoms with Crippen LogP contribution in [0.3, 0.4) is 0 Å². The topological polar surface area (TPSA) is 29.1 Å². The summed E-state index contributed by atoms with van der Waals surface area (Å²) in [5.74, 6) is -0.0466. The fourth-order valence-electron chi connectivity index (χ4n) is 1.97. The van der Waals surface area contributed by atoms with Crippen LogP contribution < -0.4 is 5.32 Å². The fraction of sp³-hybridized carbons (Fsp3) is 0.118. The van der Waals surface area contributed by atoms with Gasteiger partial charge in [0.15, 0.2) is 0 Å². The highest BCUT2D eigenvalue weighted by Gasteiger charge is 1.97. The van der Waals surface area contributed by atoms with E-state index in [1.54, 1.807) is 0 Å². The molecule has 0 aliphatic rings. The lowest BCUT2D eigenvalue weighted by molar-refractivity contribution is -0.118. The molecule has 0 spiro atoms. The molecule has 0 unspecified atom stereocenters. The highest BCUT2D eigenvalue weighted by atomic mass is 16.1. The summed E-state index contributed by atoms with van der Waals surface area (Å²) in [4.78, 5) is 10.9. The van der Waals surface area contributed by atoms with Crippen molar-refractivity contribution < 1.29 is 4.79 Å². The van der Waals surface area contributed by atoms with Crippen molar-refractivity contribution in [1.82, 2.24) is 5.32 Å². The van der Waals surface area contributed by atoms with E-state index >= 15 is 0 Å². The second-order valence-corrected chi connectivity index (χ2v) is 4.50. The first kappa shape index (κ1) is 13.1. The van der Waals surface area contributed by atoms with E-state index < -0.39 is 0 Å². The molecule has 0 radical (unpaired) electrons. The van der Waals surface area contributed by atoms with Crippen LogP contribution in [-0.2, 0) is 4.79 Å². The van der Waals surface area contributed by atoms with Crippen molar-refractivity contribution in [1.29, 1.82) is 0 Å². The highest BCUT2D eigenvalue weighted by molar-refractivity contribution is 5.76. The van der Waals surface area contributed by atoms with Crippen molar-refractivity contribution in [3.05, 3.63) is 65.9 Å². The molecule has 0 aliphatic carbocycles. The van der Waals surface area contributed by atoms with E-state index in [1.807, 2.05) is 43.3 Å². The number of carbonyl (C=O) groups is 1. The van der Waals surface area contributed by atoms with Gasteiger partial charge in [0.05, 0.1) is 0 Å². The van der Waals surface area contributed by atoms with Crippen molar-refractivity contribution in [3.8, 4) is 11.1 Å². The number of carbonyl (C=O) groups excluding carboxylic acids is 1. The molecule has 1 N–H and O–H groups in total. The normalized spacial score (nSPS) is 11.2. The number of hydrogen-bond acceptors (Lipinski definition) is 1. The molecule has 0 fully saturated rings. The summed E-state index contributed by atoms with van der Waals surface area (Å²) >= 11 is 0. The first-order valence-electron chi connectivity index (χ1n) is 6.26. The maximum absolute atomic E-state index is 10.9. The molecule has 2 aromatic carbocycles. The number of allylic oxidation sites excluding steroid dienone is 1. The number of benzene rings is 2. The first-order chi connectivity index (χ1) is 9.15. The summed E-state index contributed by atoms with van der Waals surface area (Å²) in [6, 6.07) is 18.5. The van der Waals surface area contributed by atoms with Gasteiger partial charge in [-0.25, -0.2) is 0 Å². The van der Waals surface area contributed by atoms with Crippen LogP contribution in [0.5, 0.6) is 0 Å². The van der Waals surface area contributed by atoms with Crippen molar-refractivity contribution >= 4 is 12.0 Å². The van der Waals surface area contributed by atoms with E-state index in [-0.39, 0.29) is 5.91 Å². The summed E-state index contributed by atoms with van der Waals surface area (Å²) in [6.07, 6.45) is 1.95. The molecule has 2 heteroatoms. The lowest BCUT2D eigenvalue weighted by atomic mass is 10.0. The molecule has 0 aromatic heterocycles. The first-order valence-corrected chi connectivity index (χ1v) is 6.26. The summed E-state index contributed by atoms with van der Waals surface area (Å²) in [5, 5.41) is 2.76. The standard InChI is InChI=1S/C17H17NO/c1-13(18-14(2)19)12-15-8-10-17(11-9-15)16-6-4-3-5-7-16/h3-12H,1-2H3,(H,18,19). The Balaban J connectivity index is 2.17. The van der Waals surface area contributed by atoms with Crippen LogP contribution in [0.4, 0.5) is 0 Å². The molecular weight excluding hydrogens is 234 g/mol. The van der Waals surface area contributed by atoms with Gasteiger partial charge in [0.25, 0.3) is 0 Å². The van der Waals surface area contributed by atoms with E-state index in [4.69, 9.17) is 0 Å². The molecule has 2 nitrogen and oxygen atoms in total. The second kappa shape index (κ2) is 6.01. The Bertz CT molecular complexity index is 582. The number of rotatable bonds is 3. The van der Waals surface area contributed by atoms with E-state index in [0.717, 1.165) is 11.3 Å². The van der Waals surface area contributed by atoms with Crippen molar-refractivity contribution in [2.75, 3.05) is 0 Å². The molecule has 2 rings (SSSR count). The van der Waals surface area contributed by atoms with E-state index in [1.165, 1.54) is 18.1 Å². The maximum Gasteiger partial charge on any atom is 0.220 e. The van der Waals surface area contributed by atoms with Crippen LogP contribution >= 0.6 is 0 Å². The highest BCUT2D eigenvalue weighted by Crippen LogP contribution is 2.19. The van der Waals surface area contributed by atoms with E-state index in [9.17, 15) is 4.79 Å². The zero-order valence-electron chi connectivity index (χ0n) is 11.2. The molecule has 19 heavy (non-hydrogen) atoms. The van der Waals surface area contributed by atoms with Gasteiger partial charge in [0.1, 0.15) is 0 Å². The number of amides is 1. The third-order valence-corrected chi connectivity index (χ3v) is 2.77. The van der Waals surface area contributed by atoms with Gasteiger partial charge in [-0.05, 0) is 29.7 Å². The Hall–Kier alpha value is -2.35. The van der Waals surface area contributed by atoms with Gasteiger partial charge >= 0.3 is 0 Å². The van der Waals surface area contributed by atoms with Gasteiger partial charge in [-0.15, -0.1) is 0 Å². The summed E-state index contributed by atoms with van der Waals surface area (Å²) in [7, 11) is 0. The average molecular weight is 251 g/mol. The minimum Gasteiger partial charge on any atom is -0.330 e. The molecule has 96 valence electrons. The largest absolute Gasteiger partial charge is 0.330 e. The Morgan fingerprint density at radius 1 is 0.895 bits per heavy atom. The minimum atomic E-state index is -0.0466. The third-order valence-electron chi connectivity index (χ3n) is 2.77. The van der Waals surface area contributed by atoms with Gasteiger partial charge in [0, 0.05) is 12.6 Å². The van der Waals surface area contributed by atoms with Crippen LogP contribution in [0.15, 0.2) is 60.3 Å². The summed E-state index contributed by atoms with van der Waals surface area (Å²) in [6.45, 7) is 3.39. The number of nitrogens with one attached hydrogen (secondary N) is 1. The monoisotopic (exact) mass is 251 g/mol. The quantitative estimate of drug-likeness (QED) is 0.882. The second-order valence-electron chi connectivity index (χ2n) is 4.50. The Kier molecular flexibility index (Phi) is 4.14.